The highest BCUT2D eigenvalue weighted by molar-refractivity contribution is 5.95. The summed E-state index contributed by atoms with van der Waals surface area (Å²) in [4.78, 5) is 11.9. The highest BCUT2D eigenvalue weighted by Gasteiger charge is 2.12. The van der Waals surface area contributed by atoms with Crippen LogP contribution in [-0.2, 0) is 4.74 Å². The lowest BCUT2D eigenvalue weighted by Crippen LogP contribution is -2.27. The summed E-state index contributed by atoms with van der Waals surface area (Å²) in [6.07, 6.45) is 1.88. The summed E-state index contributed by atoms with van der Waals surface area (Å²) >= 11 is 0. The lowest BCUT2D eigenvalue weighted by Gasteiger charge is -2.21. The van der Waals surface area contributed by atoms with E-state index in [1.165, 1.54) is 0 Å². The molecule has 1 aromatic rings. The van der Waals surface area contributed by atoms with Crippen molar-refractivity contribution < 1.29 is 9.53 Å². The number of amides is 1. The number of carbonyl (C=O) groups is 1. The molecular weight excluding hydrogens is 266 g/mol. The Bertz CT molecular complexity index is 449. The maximum Gasteiger partial charge on any atom is 0.251 e. The zero-order chi connectivity index (χ0) is 15.7. The molecule has 5 nitrogen and oxygen atoms in total. The van der Waals surface area contributed by atoms with Crippen molar-refractivity contribution in [2.75, 3.05) is 32.1 Å². The fourth-order valence-corrected chi connectivity index (χ4v) is 2.16. The lowest BCUT2D eigenvalue weighted by molar-refractivity contribution is 0.0956. The fraction of sp³-hybridized carbons (Fsp3) is 0.562. The first-order valence-electron chi connectivity index (χ1n) is 7.46. The fourth-order valence-electron chi connectivity index (χ4n) is 2.16. The number of methoxy groups -OCH3 is 1. The molecule has 0 heterocycles. The van der Waals surface area contributed by atoms with Crippen LogP contribution in [0.5, 0.6) is 0 Å². The third kappa shape index (κ3) is 5.73. The van der Waals surface area contributed by atoms with E-state index in [9.17, 15) is 4.79 Å². The Morgan fingerprint density at radius 2 is 2.19 bits per heavy atom. The minimum absolute atomic E-state index is 0.0502. The van der Waals surface area contributed by atoms with E-state index in [1.54, 1.807) is 7.11 Å². The van der Waals surface area contributed by atoms with Gasteiger partial charge in [0, 0.05) is 30.9 Å². The van der Waals surface area contributed by atoms with Crippen molar-refractivity contribution in [2.45, 2.75) is 32.7 Å². The van der Waals surface area contributed by atoms with E-state index in [0.717, 1.165) is 24.1 Å². The molecule has 1 aromatic carbocycles. The van der Waals surface area contributed by atoms with Crippen LogP contribution in [0.25, 0.3) is 0 Å². The summed E-state index contributed by atoms with van der Waals surface area (Å²) in [5.74, 6) is -0.0502. The van der Waals surface area contributed by atoms with Crippen LogP contribution in [0.15, 0.2) is 18.2 Å². The molecule has 4 N–H and O–H groups in total. The van der Waals surface area contributed by atoms with Gasteiger partial charge in [0.15, 0.2) is 0 Å². The Hall–Kier alpha value is -1.59. The van der Waals surface area contributed by atoms with E-state index >= 15 is 0 Å². The summed E-state index contributed by atoms with van der Waals surface area (Å²) in [7, 11) is 1.69. The summed E-state index contributed by atoms with van der Waals surface area (Å²) < 4.78 is 5.25. The van der Waals surface area contributed by atoms with Crippen molar-refractivity contribution in [3.8, 4) is 0 Å². The van der Waals surface area contributed by atoms with Crippen LogP contribution in [0.4, 0.5) is 5.69 Å². The molecule has 0 aliphatic heterocycles. The predicted octanol–water partition coefficient (Wildman–Crippen LogP) is 1.91. The van der Waals surface area contributed by atoms with Crippen LogP contribution in [0.3, 0.4) is 0 Å². The summed E-state index contributed by atoms with van der Waals surface area (Å²) in [6, 6.07) is 5.89. The molecule has 118 valence electrons. The maximum atomic E-state index is 11.9. The molecule has 0 radical (unpaired) electrons. The highest BCUT2D eigenvalue weighted by atomic mass is 16.5. The third-order valence-corrected chi connectivity index (χ3v) is 3.32. The van der Waals surface area contributed by atoms with Crippen LogP contribution in [0.2, 0.25) is 0 Å². The summed E-state index contributed by atoms with van der Waals surface area (Å²) in [6.45, 7) is 5.84. The van der Waals surface area contributed by atoms with Gasteiger partial charge < -0.3 is 21.1 Å². The number of hydrogen-bond donors (Lipinski definition) is 3. The van der Waals surface area contributed by atoms with E-state index in [-0.39, 0.29) is 11.9 Å². The molecule has 0 spiro atoms. The predicted molar refractivity (Wildman–Crippen MR) is 86.8 cm³/mol. The van der Waals surface area contributed by atoms with Gasteiger partial charge >= 0.3 is 0 Å². The van der Waals surface area contributed by atoms with E-state index in [0.29, 0.717) is 25.3 Å². The van der Waals surface area contributed by atoms with Gasteiger partial charge in [0.25, 0.3) is 5.91 Å². The maximum absolute atomic E-state index is 11.9. The van der Waals surface area contributed by atoms with Gasteiger partial charge in [-0.2, -0.15) is 0 Å². The second-order valence-corrected chi connectivity index (χ2v) is 5.12. The van der Waals surface area contributed by atoms with Crippen LogP contribution >= 0.6 is 0 Å². The van der Waals surface area contributed by atoms with Gasteiger partial charge in [0.2, 0.25) is 0 Å². The van der Waals surface area contributed by atoms with Gasteiger partial charge in [0.1, 0.15) is 0 Å². The summed E-state index contributed by atoms with van der Waals surface area (Å²) in [5, 5.41) is 6.27. The molecule has 0 aliphatic rings. The van der Waals surface area contributed by atoms with Gasteiger partial charge in [-0.05, 0) is 50.9 Å². The molecule has 21 heavy (non-hydrogen) atoms. The minimum Gasteiger partial charge on any atom is -0.383 e. The van der Waals surface area contributed by atoms with Crippen LogP contribution in [-0.4, -0.2) is 38.8 Å². The van der Waals surface area contributed by atoms with E-state index in [4.69, 9.17) is 10.5 Å². The summed E-state index contributed by atoms with van der Waals surface area (Å²) in [5.41, 5.74) is 8.32. The Labute approximate surface area is 127 Å². The van der Waals surface area contributed by atoms with Gasteiger partial charge in [-0.25, -0.2) is 0 Å². The average molecular weight is 293 g/mol. The molecule has 1 rings (SSSR count). The Morgan fingerprint density at radius 1 is 1.43 bits per heavy atom. The highest BCUT2D eigenvalue weighted by Crippen LogP contribution is 2.19. The molecule has 0 bridgehead atoms. The molecule has 1 amide bonds. The molecule has 1 atom stereocenters. The first kappa shape index (κ1) is 17.5. The topological polar surface area (TPSA) is 76.4 Å². The Morgan fingerprint density at radius 3 is 2.81 bits per heavy atom. The third-order valence-electron chi connectivity index (χ3n) is 3.32. The van der Waals surface area contributed by atoms with E-state index < -0.39 is 0 Å². The molecular formula is C16H27N3O2. The Balaban J connectivity index is 2.83. The number of rotatable bonds is 9. The smallest absolute Gasteiger partial charge is 0.251 e. The molecule has 0 saturated carbocycles. The van der Waals surface area contributed by atoms with Crippen molar-refractivity contribution in [3.63, 3.8) is 0 Å². The van der Waals surface area contributed by atoms with Crippen LogP contribution < -0.4 is 16.4 Å². The first-order valence-corrected chi connectivity index (χ1v) is 7.46. The largest absolute Gasteiger partial charge is 0.383 e. The number of ether oxygens (including phenoxy) is 1. The number of benzene rings is 1. The number of carbonyl (C=O) groups excluding carboxylic acids is 1. The van der Waals surface area contributed by atoms with Crippen molar-refractivity contribution in [1.82, 2.24) is 5.32 Å². The normalized spacial score (nSPS) is 12.0. The number of nitrogens with two attached hydrogens (primary N) is 1. The number of aryl methyl sites for hydroxylation is 1. The molecule has 0 fully saturated rings. The molecule has 0 aromatic heterocycles. The lowest BCUT2D eigenvalue weighted by atomic mass is 10.1. The second-order valence-electron chi connectivity index (χ2n) is 5.12. The number of nitrogens with one attached hydrogen (secondary N) is 2. The van der Waals surface area contributed by atoms with Gasteiger partial charge in [-0.3, -0.25) is 4.79 Å². The zero-order valence-corrected chi connectivity index (χ0v) is 13.2. The van der Waals surface area contributed by atoms with E-state index in [2.05, 4.69) is 10.6 Å². The van der Waals surface area contributed by atoms with Gasteiger partial charge in [-0.1, -0.05) is 6.07 Å². The van der Waals surface area contributed by atoms with Crippen LogP contribution in [0.1, 0.15) is 35.7 Å². The number of hydrogen-bond acceptors (Lipinski definition) is 4. The first-order chi connectivity index (χ1) is 10.1. The molecule has 0 saturated heterocycles. The molecule has 1 unspecified atom stereocenters. The Kier molecular flexibility index (Phi) is 7.79. The van der Waals surface area contributed by atoms with Crippen molar-refractivity contribution in [3.05, 3.63) is 29.3 Å². The molecule has 5 heteroatoms. The monoisotopic (exact) mass is 293 g/mol. The van der Waals surface area contributed by atoms with E-state index in [1.807, 2.05) is 32.0 Å². The van der Waals surface area contributed by atoms with Crippen molar-refractivity contribution in [1.29, 1.82) is 0 Å². The number of anilines is 1. The zero-order valence-electron chi connectivity index (χ0n) is 13.2. The SMILES string of the molecule is CCNC(=O)c1ccc(C)c(NC(CCCN)COC)c1. The second kappa shape index (κ2) is 9.37. The minimum atomic E-state index is -0.0502. The van der Waals surface area contributed by atoms with Gasteiger partial charge in [0.05, 0.1) is 6.61 Å². The molecule has 0 aliphatic carbocycles. The standard InChI is InChI=1S/C16H27N3O2/c1-4-18-16(20)13-8-7-12(2)15(10-13)19-14(11-21-3)6-5-9-17/h7-8,10,14,19H,4-6,9,11,17H2,1-3H3,(H,18,20). The van der Waals surface area contributed by atoms with Crippen LogP contribution in [0, 0.1) is 6.92 Å². The van der Waals surface area contributed by atoms with Crippen molar-refractivity contribution >= 4 is 11.6 Å². The van der Waals surface area contributed by atoms with Gasteiger partial charge in [-0.15, -0.1) is 0 Å². The van der Waals surface area contributed by atoms with Crippen molar-refractivity contribution in [2.24, 2.45) is 5.73 Å². The average Bonchev–Trinajstić information content (AvgIpc) is 2.47. The quantitative estimate of drug-likeness (QED) is 0.650.